The largest absolute Gasteiger partial charge is 0.468 e. The monoisotopic (exact) mass is 328 g/mol. The lowest BCUT2D eigenvalue weighted by molar-refractivity contribution is 0.124. The first-order valence-corrected chi connectivity index (χ1v) is 8.68. The third-order valence-electron chi connectivity index (χ3n) is 5.02. The Bertz CT molecular complexity index is 663. The smallest absolute Gasteiger partial charge is 0.231 e. The Kier molecular flexibility index (Phi) is 4.45. The van der Waals surface area contributed by atoms with Crippen LogP contribution < -0.4 is 15.2 Å². The molecule has 1 fully saturated rings. The van der Waals surface area contributed by atoms with Gasteiger partial charge in [0, 0.05) is 18.6 Å². The van der Waals surface area contributed by atoms with Crippen molar-refractivity contribution in [2.24, 2.45) is 5.73 Å². The summed E-state index contributed by atoms with van der Waals surface area (Å²) in [7, 11) is 0. The minimum Gasteiger partial charge on any atom is -0.468 e. The van der Waals surface area contributed by atoms with Gasteiger partial charge in [0.1, 0.15) is 5.76 Å². The van der Waals surface area contributed by atoms with Crippen LogP contribution in [0.3, 0.4) is 0 Å². The van der Waals surface area contributed by atoms with Crippen molar-refractivity contribution in [3.8, 4) is 11.5 Å². The van der Waals surface area contributed by atoms with Gasteiger partial charge in [0.25, 0.3) is 0 Å². The minimum absolute atomic E-state index is 0.315. The van der Waals surface area contributed by atoms with Crippen LogP contribution in [0.1, 0.15) is 37.0 Å². The molecular weight excluding hydrogens is 304 g/mol. The van der Waals surface area contributed by atoms with Crippen LogP contribution in [0.5, 0.6) is 11.5 Å². The van der Waals surface area contributed by atoms with Crippen LogP contribution in [0.2, 0.25) is 0 Å². The quantitative estimate of drug-likeness (QED) is 0.913. The van der Waals surface area contributed by atoms with Crippen LogP contribution in [0, 0.1) is 0 Å². The van der Waals surface area contributed by atoms with E-state index in [2.05, 4.69) is 17.0 Å². The predicted octanol–water partition coefficient (Wildman–Crippen LogP) is 3.28. The standard InChI is InChI=1S/C19H24N2O3/c20-15-4-6-16(7-5-15)21(12-17-2-1-9-22-17)11-14-3-8-18-19(10-14)24-13-23-18/h1-3,8-10,15-16H,4-7,11-13,20H2. The number of nitrogens with two attached hydrogens (primary N) is 1. The zero-order chi connectivity index (χ0) is 16.4. The summed E-state index contributed by atoms with van der Waals surface area (Å²) in [5.74, 6) is 2.68. The molecule has 4 rings (SSSR count). The van der Waals surface area contributed by atoms with E-state index in [4.69, 9.17) is 19.6 Å². The average Bonchev–Trinajstić information content (AvgIpc) is 3.26. The molecule has 0 saturated heterocycles. The number of rotatable bonds is 5. The molecule has 5 nitrogen and oxygen atoms in total. The van der Waals surface area contributed by atoms with Gasteiger partial charge >= 0.3 is 0 Å². The second-order valence-electron chi connectivity index (χ2n) is 6.74. The van der Waals surface area contributed by atoms with Gasteiger partial charge in [-0.25, -0.2) is 0 Å². The van der Waals surface area contributed by atoms with E-state index < -0.39 is 0 Å². The molecule has 1 aromatic heterocycles. The van der Waals surface area contributed by atoms with Crippen molar-refractivity contribution in [3.63, 3.8) is 0 Å². The molecule has 0 bridgehead atoms. The van der Waals surface area contributed by atoms with Gasteiger partial charge in [0.15, 0.2) is 11.5 Å². The van der Waals surface area contributed by atoms with Crippen molar-refractivity contribution >= 4 is 0 Å². The highest BCUT2D eigenvalue weighted by molar-refractivity contribution is 5.44. The first-order chi connectivity index (χ1) is 11.8. The van der Waals surface area contributed by atoms with E-state index in [9.17, 15) is 0 Å². The molecule has 0 unspecified atom stereocenters. The van der Waals surface area contributed by atoms with Gasteiger partial charge in [-0.3, -0.25) is 4.90 Å². The molecule has 0 spiro atoms. The number of ether oxygens (including phenoxy) is 2. The van der Waals surface area contributed by atoms with Crippen LogP contribution in [0.4, 0.5) is 0 Å². The van der Waals surface area contributed by atoms with Crippen LogP contribution in [-0.4, -0.2) is 23.8 Å². The molecular formula is C19H24N2O3. The van der Waals surface area contributed by atoms with E-state index in [1.165, 1.54) is 5.56 Å². The van der Waals surface area contributed by atoms with Gasteiger partial charge in [-0.05, 0) is 55.5 Å². The highest BCUT2D eigenvalue weighted by Crippen LogP contribution is 2.33. The summed E-state index contributed by atoms with van der Waals surface area (Å²) in [5, 5.41) is 0. The second-order valence-corrected chi connectivity index (χ2v) is 6.74. The Balaban J connectivity index is 1.51. The number of fused-ring (bicyclic) bond motifs is 1. The summed E-state index contributed by atoms with van der Waals surface area (Å²) in [6.45, 7) is 2.01. The maximum atomic E-state index is 6.08. The molecule has 0 radical (unpaired) electrons. The summed E-state index contributed by atoms with van der Waals surface area (Å²) >= 11 is 0. The molecule has 2 aliphatic rings. The SMILES string of the molecule is NC1CCC(N(Cc2ccc3c(c2)OCO3)Cc2ccco2)CC1. The Morgan fingerprint density at radius 3 is 2.62 bits per heavy atom. The van der Waals surface area contributed by atoms with Crippen molar-refractivity contribution in [1.29, 1.82) is 0 Å². The summed E-state index contributed by atoms with van der Waals surface area (Å²) < 4.78 is 16.5. The van der Waals surface area contributed by atoms with E-state index in [0.717, 1.165) is 56.0 Å². The lowest BCUT2D eigenvalue weighted by Crippen LogP contribution is -2.40. The van der Waals surface area contributed by atoms with Crippen molar-refractivity contribution < 1.29 is 13.9 Å². The normalized spacial score (nSPS) is 22.9. The molecule has 2 N–H and O–H groups in total. The van der Waals surface area contributed by atoms with E-state index in [0.29, 0.717) is 18.9 Å². The number of benzene rings is 1. The Hall–Kier alpha value is -1.98. The maximum Gasteiger partial charge on any atom is 0.231 e. The fourth-order valence-corrected chi connectivity index (χ4v) is 3.66. The van der Waals surface area contributed by atoms with Crippen LogP contribution >= 0.6 is 0 Å². The van der Waals surface area contributed by atoms with Gasteiger partial charge in [-0.1, -0.05) is 6.07 Å². The molecule has 5 heteroatoms. The minimum atomic E-state index is 0.315. The molecule has 128 valence electrons. The van der Waals surface area contributed by atoms with Crippen molar-refractivity contribution in [1.82, 2.24) is 4.90 Å². The van der Waals surface area contributed by atoms with Crippen molar-refractivity contribution in [2.75, 3.05) is 6.79 Å². The van der Waals surface area contributed by atoms with Crippen LogP contribution in [0.15, 0.2) is 41.0 Å². The third kappa shape index (κ3) is 3.42. The molecule has 24 heavy (non-hydrogen) atoms. The van der Waals surface area contributed by atoms with Gasteiger partial charge < -0.3 is 19.6 Å². The van der Waals surface area contributed by atoms with Gasteiger partial charge in [-0.2, -0.15) is 0 Å². The fourth-order valence-electron chi connectivity index (χ4n) is 3.66. The van der Waals surface area contributed by atoms with E-state index in [1.54, 1.807) is 6.26 Å². The summed E-state index contributed by atoms with van der Waals surface area (Å²) in [5.41, 5.74) is 7.32. The summed E-state index contributed by atoms with van der Waals surface area (Å²) in [4.78, 5) is 2.50. The molecule has 1 saturated carbocycles. The Labute approximate surface area is 142 Å². The van der Waals surface area contributed by atoms with Crippen molar-refractivity contribution in [3.05, 3.63) is 47.9 Å². The number of furan rings is 1. The van der Waals surface area contributed by atoms with Crippen LogP contribution in [0.25, 0.3) is 0 Å². The summed E-state index contributed by atoms with van der Waals surface area (Å²) in [6, 6.07) is 11.1. The predicted molar refractivity (Wildman–Crippen MR) is 90.8 cm³/mol. The molecule has 2 heterocycles. The number of hydrogen-bond acceptors (Lipinski definition) is 5. The van der Waals surface area contributed by atoms with E-state index >= 15 is 0 Å². The Morgan fingerprint density at radius 2 is 1.83 bits per heavy atom. The second kappa shape index (κ2) is 6.87. The molecule has 2 aromatic rings. The van der Waals surface area contributed by atoms with E-state index in [-0.39, 0.29) is 0 Å². The zero-order valence-corrected chi connectivity index (χ0v) is 13.8. The Morgan fingerprint density at radius 1 is 1.00 bits per heavy atom. The first-order valence-electron chi connectivity index (χ1n) is 8.68. The number of hydrogen-bond donors (Lipinski definition) is 1. The maximum absolute atomic E-state index is 6.08. The number of nitrogens with zero attached hydrogens (tertiary/aromatic N) is 1. The van der Waals surface area contributed by atoms with Gasteiger partial charge in [0.2, 0.25) is 6.79 Å². The lowest BCUT2D eigenvalue weighted by Gasteiger charge is -2.35. The van der Waals surface area contributed by atoms with E-state index in [1.807, 2.05) is 18.2 Å². The molecule has 1 aromatic carbocycles. The van der Waals surface area contributed by atoms with Crippen molar-refractivity contribution in [2.45, 2.75) is 50.9 Å². The average molecular weight is 328 g/mol. The van der Waals surface area contributed by atoms with Crippen LogP contribution in [-0.2, 0) is 13.1 Å². The highest BCUT2D eigenvalue weighted by atomic mass is 16.7. The highest BCUT2D eigenvalue weighted by Gasteiger charge is 2.25. The van der Waals surface area contributed by atoms with Gasteiger partial charge in [-0.15, -0.1) is 0 Å². The molecule has 0 atom stereocenters. The third-order valence-corrected chi connectivity index (χ3v) is 5.02. The fraction of sp³-hybridized carbons (Fsp3) is 0.474. The topological polar surface area (TPSA) is 60.9 Å². The lowest BCUT2D eigenvalue weighted by atomic mass is 9.90. The molecule has 0 amide bonds. The molecule has 1 aliphatic heterocycles. The zero-order valence-electron chi connectivity index (χ0n) is 13.8. The van der Waals surface area contributed by atoms with Gasteiger partial charge in [0.05, 0.1) is 12.8 Å². The summed E-state index contributed by atoms with van der Waals surface area (Å²) in [6.07, 6.45) is 6.23. The molecule has 1 aliphatic carbocycles. The first kappa shape index (κ1) is 15.5.